The van der Waals surface area contributed by atoms with E-state index in [1.54, 1.807) is 11.8 Å². The highest BCUT2D eigenvalue weighted by molar-refractivity contribution is 8.50. The van der Waals surface area contributed by atoms with Crippen molar-refractivity contribution < 1.29 is 9.09 Å². The van der Waals surface area contributed by atoms with Gasteiger partial charge in [-0.2, -0.15) is 11.8 Å². The lowest BCUT2D eigenvalue weighted by Crippen LogP contribution is -2.04. The Bertz CT molecular complexity index is 157. The van der Waals surface area contributed by atoms with Crippen molar-refractivity contribution in [3.8, 4) is 0 Å². The SMILES string of the molecule is CSCCCO[P+](=O)SC(C)(C)C. The summed E-state index contributed by atoms with van der Waals surface area (Å²) in [5, 5.41) is 0. The minimum atomic E-state index is -1.53. The average Bonchev–Trinajstić information content (AvgIpc) is 1.94. The molecule has 0 aromatic carbocycles. The molecule has 0 aromatic heterocycles. The maximum atomic E-state index is 11.3. The number of rotatable bonds is 6. The van der Waals surface area contributed by atoms with Crippen LogP contribution in [0.4, 0.5) is 0 Å². The zero-order valence-corrected chi connectivity index (χ0v) is 11.2. The van der Waals surface area contributed by atoms with E-state index in [2.05, 4.69) is 6.26 Å². The van der Waals surface area contributed by atoms with Crippen LogP contribution in [0, 0.1) is 0 Å². The molecule has 0 radical (unpaired) electrons. The van der Waals surface area contributed by atoms with Crippen LogP contribution in [0.15, 0.2) is 0 Å². The molecule has 0 bridgehead atoms. The Balaban J connectivity index is 3.41. The molecule has 13 heavy (non-hydrogen) atoms. The van der Waals surface area contributed by atoms with Gasteiger partial charge in [0.2, 0.25) is 0 Å². The third-order valence-electron chi connectivity index (χ3n) is 1.04. The quantitative estimate of drug-likeness (QED) is 0.519. The first-order chi connectivity index (χ1) is 5.95. The first-order valence-electron chi connectivity index (χ1n) is 4.24. The third-order valence-corrected chi connectivity index (χ3v) is 5.23. The van der Waals surface area contributed by atoms with E-state index < -0.39 is 7.23 Å². The standard InChI is InChI=1S/C8H18O2PS2/c1-8(2,3)13-11(9)10-6-5-7-12-4/h5-7H2,1-4H3/q+1. The van der Waals surface area contributed by atoms with Crippen LogP contribution in [0.2, 0.25) is 0 Å². The fraction of sp³-hybridized carbons (Fsp3) is 1.00. The van der Waals surface area contributed by atoms with Gasteiger partial charge in [0.05, 0.1) is 4.75 Å². The van der Waals surface area contributed by atoms with Crippen LogP contribution < -0.4 is 0 Å². The van der Waals surface area contributed by atoms with Crippen LogP contribution in [0.5, 0.6) is 0 Å². The fourth-order valence-electron chi connectivity index (χ4n) is 0.592. The lowest BCUT2D eigenvalue weighted by molar-refractivity contribution is 0.340. The predicted molar refractivity (Wildman–Crippen MR) is 63.9 cm³/mol. The highest BCUT2D eigenvalue weighted by atomic mass is 32.7. The van der Waals surface area contributed by atoms with E-state index in [1.165, 1.54) is 11.4 Å². The first kappa shape index (κ1) is 13.8. The van der Waals surface area contributed by atoms with Crippen LogP contribution in [-0.4, -0.2) is 23.4 Å². The van der Waals surface area contributed by atoms with Crippen molar-refractivity contribution >= 4 is 30.4 Å². The van der Waals surface area contributed by atoms with Gasteiger partial charge in [0, 0.05) is 0 Å². The second-order valence-corrected chi connectivity index (χ2v) is 8.15. The Labute approximate surface area is 90.2 Å². The summed E-state index contributed by atoms with van der Waals surface area (Å²) in [4.78, 5) is 0. The van der Waals surface area contributed by atoms with Gasteiger partial charge in [0.15, 0.2) is 11.4 Å². The largest absolute Gasteiger partial charge is 0.586 e. The fourth-order valence-corrected chi connectivity index (χ4v) is 3.50. The van der Waals surface area contributed by atoms with Crippen LogP contribution >= 0.6 is 30.4 Å². The monoisotopic (exact) mass is 241 g/mol. The highest BCUT2D eigenvalue weighted by Gasteiger charge is 2.30. The summed E-state index contributed by atoms with van der Waals surface area (Å²) in [6.07, 6.45) is 3.04. The van der Waals surface area contributed by atoms with Gasteiger partial charge in [-0.15, -0.1) is 4.52 Å². The van der Waals surface area contributed by atoms with E-state index in [1.807, 2.05) is 20.8 Å². The van der Waals surface area contributed by atoms with E-state index in [4.69, 9.17) is 4.52 Å². The zero-order chi connectivity index (χ0) is 10.3. The Kier molecular flexibility index (Phi) is 7.52. The molecular weight excluding hydrogens is 223 g/mol. The van der Waals surface area contributed by atoms with Gasteiger partial charge in [-0.05, 0) is 43.8 Å². The molecule has 0 fully saturated rings. The van der Waals surface area contributed by atoms with E-state index in [0.717, 1.165) is 12.2 Å². The third kappa shape index (κ3) is 10.7. The molecule has 78 valence electrons. The van der Waals surface area contributed by atoms with Gasteiger partial charge >= 0.3 is 7.23 Å². The van der Waals surface area contributed by atoms with Crippen LogP contribution in [0.3, 0.4) is 0 Å². The highest BCUT2D eigenvalue weighted by Crippen LogP contribution is 2.47. The maximum absolute atomic E-state index is 11.3. The summed E-state index contributed by atoms with van der Waals surface area (Å²) in [5.74, 6) is 1.07. The molecule has 0 aromatic rings. The van der Waals surface area contributed by atoms with Crippen molar-refractivity contribution in [2.24, 2.45) is 0 Å². The minimum Gasteiger partial charge on any atom is -0.165 e. The molecule has 5 heteroatoms. The second kappa shape index (κ2) is 7.10. The van der Waals surface area contributed by atoms with Crippen molar-refractivity contribution in [1.82, 2.24) is 0 Å². The molecule has 0 aliphatic rings. The molecule has 0 rings (SSSR count). The predicted octanol–water partition coefficient (Wildman–Crippen LogP) is 3.95. The molecule has 1 atom stereocenters. The van der Waals surface area contributed by atoms with Gasteiger partial charge in [-0.3, -0.25) is 0 Å². The van der Waals surface area contributed by atoms with Crippen molar-refractivity contribution in [3.63, 3.8) is 0 Å². The van der Waals surface area contributed by atoms with Gasteiger partial charge in [0.1, 0.15) is 6.61 Å². The number of thioether (sulfide) groups is 1. The van der Waals surface area contributed by atoms with E-state index in [0.29, 0.717) is 6.61 Å². The molecule has 2 nitrogen and oxygen atoms in total. The molecule has 0 spiro atoms. The molecule has 0 heterocycles. The van der Waals surface area contributed by atoms with Gasteiger partial charge < -0.3 is 0 Å². The van der Waals surface area contributed by atoms with Gasteiger partial charge in [0.25, 0.3) is 0 Å². The lowest BCUT2D eigenvalue weighted by atomic mass is 10.3. The molecule has 0 amide bonds. The molecule has 0 saturated heterocycles. The molecule has 0 N–H and O–H groups in total. The van der Waals surface area contributed by atoms with Gasteiger partial charge in [-0.1, -0.05) is 0 Å². The van der Waals surface area contributed by atoms with Crippen LogP contribution in [-0.2, 0) is 9.09 Å². The summed E-state index contributed by atoms with van der Waals surface area (Å²) in [7, 11) is -1.53. The van der Waals surface area contributed by atoms with Crippen molar-refractivity contribution in [3.05, 3.63) is 0 Å². The summed E-state index contributed by atoms with van der Waals surface area (Å²) < 4.78 is 16.5. The second-order valence-electron chi connectivity index (χ2n) is 3.61. The number of hydrogen-bond acceptors (Lipinski definition) is 4. The van der Waals surface area contributed by atoms with Crippen LogP contribution in [0.25, 0.3) is 0 Å². The first-order valence-corrected chi connectivity index (χ1v) is 8.23. The molecule has 1 unspecified atom stereocenters. The molecular formula is C8H18O2PS2+. The summed E-state index contributed by atoms with van der Waals surface area (Å²) in [6, 6.07) is 0. The van der Waals surface area contributed by atoms with Crippen LogP contribution in [0.1, 0.15) is 27.2 Å². The smallest absolute Gasteiger partial charge is 0.165 e. The number of hydrogen-bond donors (Lipinski definition) is 0. The summed E-state index contributed by atoms with van der Waals surface area (Å²) >= 11 is 3.18. The van der Waals surface area contributed by atoms with E-state index in [-0.39, 0.29) is 4.75 Å². The lowest BCUT2D eigenvalue weighted by Gasteiger charge is -2.06. The topological polar surface area (TPSA) is 26.3 Å². The van der Waals surface area contributed by atoms with Crippen molar-refractivity contribution in [1.29, 1.82) is 0 Å². The average molecular weight is 241 g/mol. The Hall–Kier alpha value is 0.760. The Morgan fingerprint density at radius 1 is 1.38 bits per heavy atom. The van der Waals surface area contributed by atoms with E-state index >= 15 is 0 Å². The molecule has 0 saturated carbocycles. The van der Waals surface area contributed by atoms with Gasteiger partial charge in [-0.25, -0.2) is 0 Å². The maximum Gasteiger partial charge on any atom is 0.586 e. The van der Waals surface area contributed by atoms with E-state index in [9.17, 15) is 4.57 Å². The minimum absolute atomic E-state index is 0.0208. The Morgan fingerprint density at radius 2 is 2.00 bits per heavy atom. The normalized spacial score (nSPS) is 13.1. The zero-order valence-electron chi connectivity index (χ0n) is 8.70. The van der Waals surface area contributed by atoms with Crippen molar-refractivity contribution in [2.45, 2.75) is 31.9 Å². The summed E-state index contributed by atoms with van der Waals surface area (Å²) in [6.45, 7) is 6.72. The Morgan fingerprint density at radius 3 is 2.46 bits per heavy atom. The molecule has 0 aliphatic heterocycles. The molecule has 0 aliphatic carbocycles. The van der Waals surface area contributed by atoms with Crippen molar-refractivity contribution in [2.75, 3.05) is 18.6 Å². The summed E-state index contributed by atoms with van der Waals surface area (Å²) in [5.41, 5.74) is 0.